The van der Waals surface area contributed by atoms with Crippen LogP contribution in [0.4, 0.5) is 5.82 Å². The molecule has 0 bridgehead atoms. The number of amides is 1. The zero-order valence-corrected chi connectivity index (χ0v) is 18.6. The maximum atomic E-state index is 12.7. The number of aromatic amines is 1. The minimum atomic E-state index is -0.284. The number of rotatable bonds is 7. The molecule has 2 atom stereocenters. The van der Waals surface area contributed by atoms with Gasteiger partial charge in [-0.3, -0.25) is 14.5 Å². The van der Waals surface area contributed by atoms with E-state index < -0.39 is 0 Å². The number of hydrogen-bond donors (Lipinski definition) is 2. The summed E-state index contributed by atoms with van der Waals surface area (Å²) < 4.78 is 5.68. The maximum absolute atomic E-state index is 12.7. The number of carbonyl (C=O) groups is 1. The molecule has 2 unspecified atom stereocenters. The first-order chi connectivity index (χ1) is 15.1. The van der Waals surface area contributed by atoms with Gasteiger partial charge in [0.1, 0.15) is 11.6 Å². The van der Waals surface area contributed by atoms with E-state index in [0.29, 0.717) is 11.7 Å². The third-order valence-corrected chi connectivity index (χ3v) is 5.67. The number of ether oxygens (including phenoxy) is 1. The molecule has 1 saturated carbocycles. The first kappa shape index (κ1) is 22.9. The summed E-state index contributed by atoms with van der Waals surface area (Å²) in [4.78, 5) is 30.4. The molecule has 31 heavy (non-hydrogen) atoms. The van der Waals surface area contributed by atoms with Crippen LogP contribution < -0.4 is 15.6 Å². The molecule has 2 aliphatic rings. The molecule has 1 amide bonds. The topological polar surface area (TPSA) is 100 Å². The van der Waals surface area contributed by atoms with Crippen LogP contribution in [0.15, 0.2) is 35.3 Å². The molecule has 1 aliphatic heterocycles. The SMILES string of the molecule is CC.CC(C(=O)Nc1ccc(OCC2CC2)cn1)N1CCCC(c2ccc(=O)[nH]n2)C1. The molecule has 3 heterocycles. The van der Waals surface area contributed by atoms with E-state index in [2.05, 4.69) is 25.4 Å². The molecule has 0 spiro atoms. The van der Waals surface area contributed by atoms with Crippen LogP contribution in [0, 0.1) is 5.92 Å². The lowest BCUT2D eigenvalue weighted by molar-refractivity contribution is -0.121. The van der Waals surface area contributed by atoms with Gasteiger partial charge in [-0.25, -0.2) is 10.1 Å². The summed E-state index contributed by atoms with van der Waals surface area (Å²) in [5.41, 5.74) is 0.663. The molecule has 2 N–H and O–H groups in total. The summed E-state index contributed by atoms with van der Waals surface area (Å²) in [6, 6.07) is 6.60. The summed E-state index contributed by atoms with van der Waals surface area (Å²) >= 11 is 0. The molecule has 1 saturated heterocycles. The van der Waals surface area contributed by atoms with Crippen molar-refractivity contribution in [3.05, 3.63) is 46.5 Å². The van der Waals surface area contributed by atoms with Crippen LogP contribution in [0.2, 0.25) is 0 Å². The first-order valence-corrected chi connectivity index (χ1v) is 11.3. The second kappa shape index (κ2) is 11.0. The highest BCUT2D eigenvalue weighted by molar-refractivity contribution is 5.93. The lowest BCUT2D eigenvalue weighted by Gasteiger charge is -2.35. The molecule has 8 heteroatoms. The van der Waals surface area contributed by atoms with Crippen LogP contribution >= 0.6 is 0 Å². The van der Waals surface area contributed by atoms with E-state index in [0.717, 1.165) is 44.0 Å². The second-order valence-electron chi connectivity index (χ2n) is 7.98. The van der Waals surface area contributed by atoms with Crippen molar-refractivity contribution in [1.82, 2.24) is 20.1 Å². The number of nitrogens with zero attached hydrogens (tertiary/aromatic N) is 3. The zero-order chi connectivity index (χ0) is 22.2. The van der Waals surface area contributed by atoms with Gasteiger partial charge in [0.05, 0.1) is 24.5 Å². The van der Waals surface area contributed by atoms with Crippen molar-refractivity contribution < 1.29 is 9.53 Å². The summed E-state index contributed by atoms with van der Waals surface area (Å²) in [6.07, 6.45) is 6.12. The minimum absolute atomic E-state index is 0.0840. The highest BCUT2D eigenvalue weighted by atomic mass is 16.5. The van der Waals surface area contributed by atoms with E-state index in [1.165, 1.54) is 18.9 Å². The molecule has 0 aromatic carbocycles. The van der Waals surface area contributed by atoms with Gasteiger partial charge >= 0.3 is 0 Å². The number of hydrogen-bond acceptors (Lipinski definition) is 6. The van der Waals surface area contributed by atoms with Crippen LogP contribution in [0.25, 0.3) is 0 Å². The van der Waals surface area contributed by atoms with E-state index >= 15 is 0 Å². The Morgan fingerprint density at radius 3 is 2.71 bits per heavy atom. The van der Waals surface area contributed by atoms with Gasteiger partial charge < -0.3 is 10.1 Å². The normalized spacial score (nSPS) is 19.6. The predicted octanol–water partition coefficient (Wildman–Crippen LogP) is 3.19. The fraction of sp³-hybridized carbons (Fsp3) is 0.565. The fourth-order valence-corrected chi connectivity index (χ4v) is 3.62. The number of H-pyrrole nitrogens is 1. The lowest BCUT2D eigenvalue weighted by atomic mass is 9.93. The van der Waals surface area contributed by atoms with Crippen molar-refractivity contribution in [3.63, 3.8) is 0 Å². The minimum Gasteiger partial charge on any atom is -0.492 e. The van der Waals surface area contributed by atoms with Gasteiger partial charge in [0.2, 0.25) is 5.91 Å². The van der Waals surface area contributed by atoms with Crippen molar-refractivity contribution >= 4 is 11.7 Å². The van der Waals surface area contributed by atoms with Crippen LogP contribution in [-0.4, -0.2) is 51.7 Å². The maximum Gasteiger partial charge on any atom is 0.264 e. The van der Waals surface area contributed by atoms with Crippen molar-refractivity contribution in [2.75, 3.05) is 25.0 Å². The van der Waals surface area contributed by atoms with Crippen LogP contribution in [-0.2, 0) is 4.79 Å². The molecule has 168 valence electrons. The molecule has 1 aliphatic carbocycles. The van der Waals surface area contributed by atoms with E-state index in [-0.39, 0.29) is 23.4 Å². The Morgan fingerprint density at radius 2 is 2.06 bits per heavy atom. The Balaban J connectivity index is 0.00000132. The van der Waals surface area contributed by atoms with Crippen molar-refractivity contribution in [2.45, 2.75) is 58.4 Å². The summed E-state index contributed by atoms with van der Waals surface area (Å²) in [5.74, 6) is 2.07. The number of carbonyl (C=O) groups excluding carboxylic acids is 1. The molecule has 2 aromatic heterocycles. The van der Waals surface area contributed by atoms with Gasteiger partial charge in [-0.2, -0.15) is 5.10 Å². The van der Waals surface area contributed by atoms with E-state index in [9.17, 15) is 9.59 Å². The number of pyridine rings is 1. The number of piperidine rings is 1. The lowest BCUT2D eigenvalue weighted by Crippen LogP contribution is -2.46. The number of likely N-dealkylation sites (tertiary alicyclic amines) is 1. The van der Waals surface area contributed by atoms with Crippen LogP contribution in [0.5, 0.6) is 5.75 Å². The Morgan fingerprint density at radius 1 is 1.26 bits per heavy atom. The number of aromatic nitrogens is 3. The molecule has 2 fully saturated rings. The van der Waals surface area contributed by atoms with E-state index in [1.54, 1.807) is 18.3 Å². The van der Waals surface area contributed by atoms with Gasteiger partial charge in [-0.1, -0.05) is 13.8 Å². The second-order valence-corrected chi connectivity index (χ2v) is 7.98. The fourth-order valence-electron chi connectivity index (χ4n) is 3.62. The summed E-state index contributed by atoms with van der Waals surface area (Å²) in [5, 5.41) is 9.55. The third kappa shape index (κ3) is 6.62. The summed E-state index contributed by atoms with van der Waals surface area (Å²) in [7, 11) is 0. The number of nitrogens with one attached hydrogen (secondary N) is 2. The molecule has 8 nitrogen and oxygen atoms in total. The highest BCUT2D eigenvalue weighted by Gasteiger charge is 2.29. The average Bonchev–Trinajstić information content (AvgIpc) is 3.64. The largest absolute Gasteiger partial charge is 0.492 e. The van der Waals surface area contributed by atoms with E-state index in [4.69, 9.17) is 4.74 Å². The Bertz CT molecular complexity index is 874. The van der Waals surface area contributed by atoms with Gasteiger partial charge in [-0.05, 0) is 63.3 Å². The molecular weight excluding hydrogens is 394 g/mol. The Labute approximate surface area is 183 Å². The molecule has 2 aromatic rings. The van der Waals surface area contributed by atoms with Gasteiger partial charge in [-0.15, -0.1) is 0 Å². The number of anilines is 1. The zero-order valence-electron chi connectivity index (χ0n) is 18.6. The molecule has 0 radical (unpaired) electrons. The predicted molar refractivity (Wildman–Crippen MR) is 120 cm³/mol. The first-order valence-electron chi connectivity index (χ1n) is 11.3. The van der Waals surface area contributed by atoms with Gasteiger partial charge in [0, 0.05) is 18.5 Å². The monoisotopic (exact) mass is 427 g/mol. The third-order valence-electron chi connectivity index (χ3n) is 5.67. The molecular formula is C23H33N5O3. The standard InChI is InChI=1S/C21H27N5O3.C2H6/c1-14(26-10-2-3-16(12-26)18-7-9-20(27)25-24-18)21(28)23-19-8-6-17(11-22-19)29-13-15-4-5-15;1-2/h6-9,11,14-16H,2-5,10,12-13H2,1H3,(H,25,27)(H,22,23,28);1-2H3. The van der Waals surface area contributed by atoms with E-state index in [1.807, 2.05) is 26.8 Å². The van der Waals surface area contributed by atoms with Crippen LogP contribution in [0.1, 0.15) is 58.1 Å². The van der Waals surface area contributed by atoms with Crippen molar-refractivity contribution in [3.8, 4) is 5.75 Å². The molecule has 4 rings (SSSR count). The van der Waals surface area contributed by atoms with Crippen LogP contribution in [0.3, 0.4) is 0 Å². The van der Waals surface area contributed by atoms with Crippen molar-refractivity contribution in [1.29, 1.82) is 0 Å². The van der Waals surface area contributed by atoms with Crippen molar-refractivity contribution in [2.24, 2.45) is 5.92 Å². The summed E-state index contributed by atoms with van der Waals surface area (Å²) in [6.45, 7) is 8.24. The quantitative estimate of drug-likeness (QED) is 0.704. The Kier molecular flexibility index (Phi) is 8.17. The van der Waals surface area contributed by atoms with Gasteiger partial charge in [0.15, 0.2) is 0 Å². The highest BCUT2D eigenvalue weighted by Crippen LogP contribution is 2.29. The smallest absolute Gasteiger partial charge is 0.264 e. The Hall–Kier alpha value is -2.74. The van der Waals surface area contributed by atoms with Gasteiger partial charge in [0.25, 0.3) is 5.56 Å². The average molecular weight is 428 g/mol.